The molecular weight excluding hydrogens is 520 g/mol. The van der Waals surface area contributed by atoms with Crippen molar-refractivity contribution in [2.45, 2.75) is 36.0 Å². The lowest BCUT2D eigenvalue weighted by Crippen LogP contribution is -2.21. The maximum absolute atomic E-state index is 13.8. The van der Waals surface area contributed by atoms with Crippen LogP contribution in [-0.2, 0) is 16.3 Å². The highest BCUT2D eigenvalue weighted by molar-refractivity contribution is 7.91. The lowest BCUT2D eigenvalue weighted by Gasteiger charge is -2.19. The molecular formula is C29H30N2O7S. The van der Waals surface area contributed by atoms with Crippen molar-refractivity contribution >= 4 is 9.84 Å². The summed E-state index contributed by atoms with van der Waals surface area (Å²) in [5.41, 5.74) is 1.32. The number of aromatic nitrogens is 2. The first kappa shape index (κ1) is 27.7. The second kappa shape index (κ2) is 11.6. The predicted molar refractivity (Wildman–Crippen MR) is 148 cm³/mol. The van der Waals surface area contributed by atoms with Crippen LogP contribution in [0.3, 0.4) is 0 Å². The minimum Gasteiger partial charge on any atom is -0.506 e. The Balaban J connectivity index is 1.92. The maximum atomic E-state index is 13.8. The lowest BCUT2D eigenvalue weighted by molar-refractivity contribution is 0.395. The number of methoxy groups -OCH3 is 3. The number of aromatic amines is 1. The zero-order valence-corrected chi connectivity index (χ0v) is 23.0. The van der Waals surface area contributed by atoms with Crippen molar-refractivity contribution in [3.8, 4) is 45.4 Å². The van der Waals surface area contributed by atoms with E-state index in [-0.39, 0.29) is 10.5 Å². The number of sulfone groups is 1. The van der Waals surface area contributed by atoms with Gasteiger partial charge in [0.2, 0.25) is 15.7 Å². The molecule has 0 saturated carbocycles. The molecule has 0 spiro atoms. The summed E-state index contributed by atoms with van der Waals surface area (Å²) in [6.07, 6.45) is 3.51. The van der Waals surface area contributed by atoms with Crippen LogP contribution in [0, 0.1) is 0 Å². The zero-order chi connectivity index (χ0) is 28.2. The molecule has 0 unspecified atom stereocenters. The van der Waals surface area contributed by atoms with Gasteiger partial charge in [0.25, 0.3) is 5.56 Å². The van der Waals surface area contributed by atoms with Gasteiger partial charge in [-0.1, -0.05) is 31.5 Å². The molecule has 0 bridgehead atoms. The topological polar surface area (TPSA) is 128 Å². The quantitative estimate of drug-likeness (QED) is 0.282. The van der Waals surface area contributed by atoms with Crippen LogP contribution < -0.4 is 19.8 Å². The number of rotatable bonds is 10. The second-order valence-electron chi connectivity index (χ2n) is 8.71. The number of aryl methyl sites for hydroxylation is 1. The van der Waals surface area contributed by atoms with Crippen molar-refractivity contribution in [3.05, 3.63) is 76.8 Å². The van der Waals surface area contributed by atoms with Gasteiger partial charge in [-0.15, -0.1) is 0 Å². The first-order valence-corrected chi connectivity index (χ1v) is 13.8. The molecule has 2 aromatic heterocycles. The third-order valence-electron chi connectivity index (χ3n) is 6.39. The summed E-state index contributed by atoms with van der Waals surface area (Å²) in [5.74, 6) is 0.436. The van der Waals surface area contributed by atoms with E-state index in [9.17, 15) is 18.3 Å². The standard InChI is InChI=1S/C29H30N2O7S/c1-5-6-10-21-24(25-22(36-2)11-7-12-23(25)37-3)26(32)27(28(33)31-21)39(34,35)19-15-13-18(14-16-19)20-9-8-17-30-29(20)38-4/h7-9,11-17H,5-6,10H2,1-4H3,(H2,31,32,33). The third-order valence-corrected chi connectivity index (χ3v) is 8.20. The molecule has 0 aliphatic heterocycles. The van der Waals surface area contributed by atoms with Gasteiger partial charge in [-0.2, -0.15) is 0 Å². The molecule has 0 fully saturated rings. The van der Waals surface area contributed by atoms with E-state index in [1.54, 1.807) is 48.7 Å². The summed E-state index contributed by atoms with van der Waals surface area (Å²) in [4.78, 5) is 19.2. The molecule has 4 aromatic rings. The Labute approximate surface area is 227 Å². The summed E-state index contributed by atoms with van der Waals surface area (Å²) in [7, 11) is -0.0229. The van der Waals surface area contributed by atoms with Crippen molar-refractivity contribution in [3.63, 3.8) is 0 Å². The van der Waals surface area contributed by atoms with Crippen LogP contribution in [0.25, 0.3) is 22.3 Å². The van der Waals surface area contributed by atoms with Crippen molar-refractivity contribution in [2.24, 2.45) is 0 Å². The molecule has 0 atom stereocenters. The number of aromatic hydroxyl groups is 1. The van der Waals surface area contributed by atoms with E-state index in [0.29, 0.717) is 52.6 Å². The number of ether oxygens (including phenoxy) is 3. The Morgan fingerprint density at radius 1 is 0.897 bits per heavy atom. The molecule has 0 amide bonds. The van der Waals surface area contributed by atoms with Gasteiger partial charge in [0.15, 0.2) is 4.90 Å². The fraction of sp³-hybridized carbons (Fsp3) is 0.241. The summed E-state index contributed by atoms with van der Waals surface area (Å²) < 4.78 is 43.9. The first-order valence-electron chi connectivity index (χ1n) is 12.3. The van der Waals surface area contributed by atoms with Crippen molar-refractivity contribution in [1.82, 2.24) is 9.97 Å². The Morgan fingerprint density at radius 2 is 1.56 bits per heavy atom. The number of hydrogen-bond donors (Lipinski definition) is 2. The molecule has 2 heterocycles. The summed E-state index contributed by atoms with van der Waals surface area (Å²) in [6.45, 7) is 1.99. The van der Waals surface area contributed by atoms with Crippen LogP contribution in [0.15, 0.2) is 75.4 Å². The molecule has 2 N–H and O–H groups in total. The van der Waals surface area contributed by atoms with E-state index in [2.05, 4.69) is 9.97 Å². The van der Waals surface area contributed by atoms with Gasteiger partial charge >= 0.3 is 0 Å². The van der Waals surface area contributed by atoms with Gasteiger partial charge in [0, 0.05) is 17.5 Å². The number of nitrogens with zero attached hydrogens (tertiary/aromatic N) is 1. The monoisotopic (exact) mass is 550 g/mol. The molecule has 0 radical (unpaired) electrons. The maximum Gasteiger partial charge on any atom is 0.271 e. The van der Waals surface area contributed by atoms with Gasteiger partial charge in [0.1, 0.15) is 17.2 Å². The Morgan fingerprint density at radius 3 is 2.15 bits per heavy atom. The van der Waals surface area contributed by atoms with Crippen LogP contribution in [0.4, 0.5) is 0 Å². The number of nitrogens with one attached hydrogen (secondary N) is 1. The second-order valence-corrected chi connectivity index (χ2v) is 10.6. The van der Waals surface area contributed by atoms with Gasteiger partial charge in [-0.25, -0.2) is 13.4 Å². The third kappa shape index (κ3) is 5.20. The Hall–Kier alpha value is -4.31. The van der Waals surface area contributed by atoms with E-state index in [1.807, 2.05) is 6.92 Å². The molecule has 39 heavy (non-hydrogen) atoms. The highest BCUT2D eigenvalue weighted by atomic mass is 32.2. The van der Waals surface area contributed by atoms with Gasteiger partial charge in [-0.05, 0) is 54.8 Å². The van der Waals surface area contributed by atoms with Crippen molar-refractivity contribution in [2.75, 3.05) is 21.3 Å². The normalized spacial score (nSPS) is 11.3. The van der Waals surface area contributed by atoms with E-state index in [1.165, 1.54) is 33.5 Å². The zero-order valence-electron chi connectivity index (χ0n) is 22.1. The minimum atomic E-state index is -4.44. The fourth-order valence-corrected chi connectivity index (χ4v) is 5.86. The number of pyridine rings is 2. The smallest absolute Gasteiger partial charge is 0.271 e. The summed E-state index contributed by atoms with van der Waals surface area (Å²) in [5, 5.41) is 11.5. The van der Waals surface area contributed by atoms with E-state index < -0.39 is 26.0 Å². The number of unbranched alkanes of at least 4 members (excludes halogenated alkanes) is 1. The molecule has 2 aromatic carbocycles. The molecule has 0 aliphatic carbocycles. The average Bonchev–Trinajstić information content (AvgIpc) is 2.95. The highest BCUT2D eigenvalue weighted by Gasteiger charge is 2.31. The van der Waals surface area contributed by atoms with Gasteiger partial charge < -0.3 is 24.3 Å². The average molecular weight is 551 g/mol. The molecule has 204 valence electrons. The lowest BCUT2D eigenvalue weighted by atomic mass is 9.98. The SMILES string of the molecule is CCCCc1[nH]c(=O)c(S(=O)(=O)c2ccc(-c3cccnc3OC)cc2)c(O)c1-c1c(OC)cccc1OC. The van der Waals surface area contributed by atoms with E-state index in [0.717, 1.165) is 6.42 Å². The molecule has 9 nitrogen and oxygen atoms in total. The van der Waals surface area contributed by atoms with E-state index in [4.69, 9.17) is 14.2 Å². The van der Waals surface area contributed by atoms with Crippen LogP contribution in [0.1, 0.15) is 25.5 Å². The minimum absolute atomic E-state index is 0.146. The van der Waals surface area contributed by atoms with Gasteiger partial charge in [0.05, 0.1) is 37.4 Å². The number of hydrogen-bond acceptors (Lipinski definition) is 8. The predicted octanol–water partition coefficient (Wildman–Crippen LogP) is 5.01. The van der Waals surface area contributed by atoms with Crippen molar-refractivity contribution in [1.29, 1.82) is 0 Å². The summed E-state index contributed by atoms with van der Waals surface area (Å²) in [6, 6.07) is 14.6. The molecule has 0 saturated heterocycles. The van der Waals surface area contributed by atoms with Crippen LogP contribution in [0.5, 0.6) is 23.1 Å². The van der Waals surface area contributed by atoms with E-state index >= 15 is 0 Å². The molecule has 0 aliphatic rings. The first-order chi connectivity index (χ1) is 18.8. The van der Waals surface area contributed by atoms with Crippen LogP contribution >= 0.6 is 0 Å². The Kier molecular flexibility index (Phi) is 8.25. The van der Waals surface area contributed by atoms with Gasteiger partial charge in [-0.3, -0.25) is 4.79 Å². The molecule has 10 heteroatoms. The fourth-order valence-electron chi connectivity index (χ4n) is 4.48. The number of benzene rings is 2. The molecule has 4 rings (SSSR count). The van der Waals surface area contributed by atoms with Crippen molar-refractivity contribution < 1.29 is 27.7 Å². The summed E-state index contributed by atoms with van der Waals surface area (Å²) >= 11 is 0. The largest absolute Gasteiger partial charge is 0.506 e. The number of H-pyrrole nitrogens is 1. The highest BCUT2D eigenvalue weighted by Crippen LogP contribution is 2.46. The van der Waals surface area contributed by atoms with Crippen LogP contribution in [0.2, 0.25) is 0 Å². The Bertz CT molecular complexity index is 1620. The van der Waals surface area contributed by atoms with Crippen LogP contribution in [-0.4, -0.2) is 44.8 Å².